The predicted octanol–water partition coefficient (Wildman–Crippen LogP) is 1.73. The van der Waals surface area contributed by atoms with E-state index in [2.05, 4.69) is 52.4 Å². The molecule has 1 atom stereocenters. The van der Waals surface area contributed by atoms with Crippen LogP contribution in [0.1, 0.15) is 37.7 Å². The van der Waals surface area contributed by atoms with Crippen LogP contribution in [0.3, 0.4) is 0 Å². The molecule has 0 bridgehead atoms. The number of nitrogens with one attached hydrogen (secondary N) is 1. The molecule has 18 heavy (non-hydrogen) atoms. The minimum Gasteiger partial charge on any atom is -0.346 e. The molecule has 2 aromatic heterocycles. The monoisotopic (exact) mass is 247 g/mol. The highest BCUT2D eigenvalue weighted by Crippen LogP contribution is 2.13. The van der Waals surface area contributed by atoms with Gasteiger partial charge < -0.3 is 14.5 Å². The van der Waals surface area contributed by atoms with Crippen molar-refractivity contribution in [3.63, 3.8) is 0 Å². The van der Waals surface area contributed by atoms with Crippen molar-refractivity contribution in [2.24, 2.45) is 7.05 Å². The van der Waals surface area contributed by atoms with Crippen LogP contribution < -0.4 is 5.32 Å². The molecule has 98 valence electrons. The van der Waals surface area contributed by atoms with Crippen LogP contribution >= 0.6 is 0 Å². The molecule has 2 heterocycles. The summed E-state index contributed by atoms with van der Waals surface area (Å²) in [5, 5.41) is 11.5. The molecule has 1 N–H and O–H groups in total. The Hall–Kier alpha value is -1.62. The van der Waals surface area contributed by atoms with Gasteiger partial charge in [-0.1, -0.05) is 6.92 Å². The van der Waals surface area contributed by atoms with Crippen molar-refractivity contribution in [2.45, 2.75) is 32.9 Å². The third-order valence-electron chi connectivity index (χ3n) is 3.10. The van der Waals surface area contributed by atoms with Gasteiger partial charge in [-0.25, -0.2) is 0 Å². The fourth-order valence-electron chi connectivity index (χ4n) is 1.91. The van der Waals surface area contributed by atoms with Crippen LogP contribution in [0.4, 0.5) is 0 Å². The molecular formula is C13H21N5. The minimum absolute atomic E-state index is 0.394. The number of aromatic nitrogens is 4. The number of nitrogens with zero attached hydrogens (tertiary/aromatic N) is 4. The summed E-state index contributed by atoms with van der Waals surface area (Å²) in [6.07, 6.45) is 7.14. The summed E-state index contributed by atoms with van der Waals surface area (Å²) >= 11 is 0. The van der Waals surface area contributed by atoms with Crippen LogP contribution in [0.15, 0.2) is 24.8 Å². The van der Waals surface area contributed by atoms with Crippen LogP contribution in [-0.2, 0) is 13.6 Å². The van der Waals surface area contributed by atoms with E-state index in [1.54, 1.807) is 6.33 Å². The van der Waals surface area contributed by atoms with E-state index in [1.165, 1.54) is 5.56 Å². The molecule has 0 saturated carbocycles. The quantitative estimate of drug-likeness (QED) is 0.845. The zero-order valence-electron chi connectivity index (χ0n) is 11.3. The lowest BCUT2D eigenvalue weighted by Crippen LogP contribution is -2.18. The average Bonchev–Trinajstić information content (AvgIpc) is 2.97. The van der Waals surface area contributed by atoms with E-state index < -0.39 is 0 Å². The zero-order valence-corrected chi connectivity index (χ0v) is 11.3. The largest absolute Gasteiger partial charge is 0.346 e. The summed E-state index contributed by atoms with van der Waals surface area (Å²) < 4.78 is 4.09. The number of hydrogen-bond donors (Lipinski definition) is 1. The molecule has 0 aliphatic carbocycles. The maximum Gasteiger partial charge on any atom is 0.152 e. The number of hydrogen-bond acceptors (Lipinski definition) is 3. The summed E-state index contributed by atoms with van der Waals surface area (Å²) in [6, 6.07) is 2.55. The normalized spacial score (nSPS) is 12.8. The highest BCUT2D eigenvalue weighted by Gasteiger charge is 2.07. The van der Waals surface area contributed by atoms with Gasteiger partial charge in [0.25, 0.3) is 0 Å². The van der Waals surface area contributed by atoms with E-state index in [0.717, 1.165) is 25.3 Å². The summed E-state index contributed by atoms with van der Waals surface area (Å²) in [6.45, 7) is 6.18. The lowest BCUT2D eigenvalue weighted by atomic mass is 10.2. The van der Waals surface area contributed by atoms with Gasteiger partial charge in [-0.2, -0.15) is 0 Å². The van der Waals surface area contributed by atoms with Crippen LogP contribution in [0.25, 0.3) is 0 Å². The van der Waals surface area contributed by atoms with Crippen LogP contribution in [0, 0.1) is 0 Å². The topological polar surface area (TPSA) is 47.7 Å². The maximum absolute atomic E-state index is 4.09. The summed E-state index contributed by atoms with van der Waals surface area (Å²) in [5.74, 6) is 0.964. The Kier molecular flexibility index (Phi) is 4.15. The Labute approximate surface area is 108 Å². The van der Waals surface area contributed by atoms with Gasteiger partial charge in [0.2, 0.25) is 0 Å². The lowest BCUT2D eigenvalue weighted by molar-refractivity contribution is 0.569. The van der Waals surface area contributed by atoms with Crippen molar-refractivity contribution in [3.8, 4) is 0 Å². The smallest absolute Gasteiger partial charge is 0.152 e. The molecule has 1 unspecified atom stereocenters. The molecule has 0 aromatic carbocycles. The van der Waals surface area contributed by atoms with Gasteiger partial charge in [0.1, 0.15) is 6.33 Å². The van der Waals surface area contributed by atoms with E-state index in [9.17, 15) is 0 Å². The van der Waals surface area contributed by atoms with Crippen LogP contribution in [0.2, 0.25) is 0 Å². The van der Waals surface area contributed by atoms with Crippen LogP contribution in [-0.4, -0.2) is 25.9 Å². The molecule has 0 radical (unpaired) electrons. The number of rotatable bonds is 6. The van der Waals surface area contributed by atoms with Gasteiger partial charge in [0.15, 0.2) is 5.82 Å². The molecule has 0 saturated heterocycles. The molecule has 5 heteroatoms. The van der Waals surface area contributed by atoms with Gasteiger partial charge in [0, 0.05) is 25.5 Å². The van der Waals surface area contributed by atoms with E-state index in [-0.39, 0.29) is 0 Å². The standard InChI is InChI=1S/C13H21N5/c1-4-6-14-11(2)12-5-7-18(8-12)9-13-16-15-10-17(13)3/h5,7-8,10-11,14H,4,6,9H2,1-3H3. The first kappa shape index (κ1) is 12.8. The van der Waals surface area contributed by atoms with E-state index in [1.807, 2.05) is 11.6 Å². The second kappa shape index (κ2) is 5.82. The van der Waals surface area contributed by atoms with Crippen molar-refractivity contribution in [3.05, 3.63) is 36.2 Å². The Bertz CT molecular complexity index is 485. The first-order valence-electron chi connectivity index (χ1n) is 6.42. The van der Waals surface area contributed by atoms with E-state index in [0.29, 0.717) is 6.04 Å². The van der Waals surface area contributed by atoms with Crippen molar-refractivity contribution >= 4 is 0 Å². The maximum atomic E-state index is 4.09. The minimum atomic E-state index is 0.394. The predicted molar refractivity (Wildman–Crippen MR) is 71.2 cm³/mol. The fraction of sp³-hybridized carbons (Fsp3) is 0.538. The molecule has 2 rings (SSSR count). The molecule has 0 fully saturated rings. The van der Waals surface area contributed by atoms with Gasteiger partial charge in [-0.15, -0.1) is 10.2 Å². The van der Waals surface area contributed by atoms with Crippen molar-refractivity contribution in [1.82, 2.24) is 24.6 Å². The summed E-state index contributed by atoms with van der Waals surface area (Å²) in [5.41, 5.74) is 1.31. The average molecular weight is 247 g/mol. The Morgan fingerprint density at radius 3 is 2.94 bits per heavy atom. The SMILES string of the molecule is CCCNC(C)c1ccn(Cc2nncn2C)c1. The third kappa shape index (κ3) is 2.98. The van der Waals surface area contributed by atoms with Gasteiger partial charge >= 0.3 is 0 Å². The summed E-state index contributed by atoms with van der Waals surface area (Å²) in [7, 11) is 1.96. The molecule has 2 aromatic rings. The molecule has 0 spiro atoms. The van der Waals surface area contributed by atoms with Crippen LogP contribution in [0.5, 0.6) is 0 Å². The van der Waals surface area contributed by atoms with E-state index in [4.69, 9.17) is 0 Å². The Balaban J connectivity index is 2.00. The molecule has 5 nitrogen and oxygen atoms in total. The molecule has 0 aliphatic rings. The van der Waals surface area contributed by atoms with Gasteiger partial charge in [0.05, 0.1) is 6.54 Å². The van der Waals surface area contributed by atoms with E-state index >= 15 is 0 Å². The highest BCUT2D eigenvalue weighted by atomic mass is 15.3. The lowest BCUT2D eigenvalue weighted by Gasteiger charge is -2.11. The second-order valence-electron chi connectivity index (χ2n) is 4.65. The summed E-state index contributed by atoms with van der Waals surface area (Å²) in [4.78, 5) is 0. The first-order chi connectivity index (χ1) is 8.70. The molecule has 0 amide bonds. The zero-order chi connectivity index (χ0) is 13.0. The Morgan fingerprint density at radius 2 is 2.28 bits per heavy atom. The van der Waals surface area contributed by atoms with Gasteiger partial charge in [-0.05, 0) is 31.5 Å². The fourth-order valence-corrected chi connectivity index (χ4v) is 1.91. The van der Waals surface area contributed by atoms with Crippen molar-refractivity contribution < 1.29 is 0 Å². The first-order valence-corrected chi connectivity index (χ1v) is 6.42. The molecular weight excluding hydrogens is 226 g/mol. The Morgan fingerprint density at radius 1 is 1.44 bits per heavy atom. The van der Waals surface area contributed by atoms with Crippen molar-refractivity contribution in [1.29, 1.82) is 0 Å². The molecule has 0 aliphatic heterocycles. The second-order valence-corrected chi connectivity index (χ2v) is 4.65. The highest BCUT2D eigenvalue weighted by molar-refractivity contribution is 5.15. The number of aryl methyl sites for hydroxylation is 1. The third-order valence-corrected chi connectivity index (χ3v) is 3.10. The van der Waals surface area contributed by atoms with Gasteiger partial charge in [-0.3, -0.25) is 0 Å². The van der Waals surface area contributed by atoms with Crippen molar-refractivity contribution in [2.75, 3.05) is 6.54 Å².